The highest BCUT2D eigenvalue weighted by Crippen LogP contribution is 2.27. The van der Waals surface area contributed by atoms with Crippen LogP contribution in [0.2, 0.25) is 5.02 Å². The van der Waals surface area contributed by atoms with Gasteiger partial charge in [-0.05, 0) is 37.5 Å². The molecule has 2 nitrogen and oxygen atoms in total. The van der Waals surface area contributed by atoms with E-state index in [-0.39, 0.29) is 5.82 Å². The van der Waals surface area contributed by atoms with E-state index in [0.29, 0.717) is 22.9 Å². The third kappa shape index (κ3) is 3.59. The second kappa shape index (κ2) is 6.39. The predicted molar refractivity (Wildman–Crippen MR) is 72.7 cm³/mol. The summed E-state index contributed by atoms with van der Waals surface area (Å²) < 4.78 is 18.9. The van der Waals surface area contributed by atoms with Gasteiger partial charge in [0, 0.05) is 12.6 Å². The first kappa shape index (κ1) is 13.6. The fraction of sp³-hybridized carbons (Fsp3) is 0.571. The Labute approximate surface area is 112 Å². The molecule has 1 saturated heterocycles. The summed E-state index contributed by atoms with van der Waals surface area (Å²) in [6.07, 6.45) is 4.41. The highest BCUT2D eigenvalue weighted by molar-refractivity contribution is 6.33. The lowest BCUT2D eigenvalue weighted by Gasteiger charge is -2.31. The Kier molecular flexibility index (Phi) is 4.84. The molecule has 2 atom stereocenters. The Hall–Kier alpha value is -0.800. The quantitative estimate of drug-likeness (QED) is 0.884. The van der Waals surface area contributed by atoms with E-state index < -0.39 is 0 Å². The van der Waals surface area contributed by atoms with E-state index in [2.05, 4.69) is 12.2 Å². The lowest BCUT2D eigenvalue weighted by Crippen LogP contribution is -2.34. The molecule has 1 aliphatic heterocycles. The summed E-state index contributed by atoms with van der Waals surface area (Å²) in [6, 6.07) is 4.72. The normalized spacial score (nSPS) is 23.9. The van der Waals surface area contributed by atoms with Gasteiger partial charge in [0.25, 0.3) is 0 Å². The summed E-state index contributed by atoms with van der Waals surface area (Å²) in [5.41, 5.74) is 0.679. The van der Waals surface area contributed by atoms with Crippen molar-refractivity contribution >= 4 is 17.3 Å². The number of nitrogens with one attached hydrogen (secondary N) is 1. The van der Waals surface area contributed by atoms with E-state index in [9.17, 15) is 4.39 Å². The SMILES string of the molecule is CCCC1CC(Nc2cc(F)ccc2Cl)CCO1. The molecule has 2 unspecified atom stereocenters. The fourth-order valence-electron chi connectivity index (χ4n) is 2.36. The van der Waals surface area contributed by atoms with Crippen LogP contribution in [-0.2, 0) is 4.74 Å². The number of anilines is 1. The summed E-state index contributed by atoms with van der Waals surface area (Å²) in [4.78, 5) is 0. The van der Waals surface area contributed by atoms with Crippen LogP contribution in [0.15, 0.2) is 18.2 Å². The minimum absolute atomic E-state index is 0.265. The summed E-state index contributed by atoms with van der Waals surface area (Å²) in [7, 11) is 0. The van der Waals surface area contributed by atoms with Gasteiger partial charge in [0.05, 0.1) is 16.8 Å². The van der Waals surface area contributed by atoms with Crippen molar-refractivity contribution in [3.8, 4) is 0 Å². The van der Waals surface area contributed by atoms with Gasteiger partial charge in [-0.3, -0.25) is 0 Å². The van der Waals surface area contributed by atoms with Crippen molar-refractivity contribution in [3.05, 3.63) is 29.0 Å². The first-order valence-electron chi connectivity index (χ1n) is 6.52. The van der Waals surface area contributed by atoms with Crippen LogP contribution in [0.1, 0.15) is 32.6 Å². The van der Waals surface area contributed by atoms with Gasteiger partial charge < -0.3 is 10.1 Å². The van der Waals surface area contributed by atoms with Crippen LogP contribution in [0.25, 0.3) is 0 Å². The third-order valence-corrected chi connectivity index (χ3v) is 3.60. The zero-order chi connectivity index (χ0) is 13.0. The van der Waals surface area contributed by atoms with Crippen LogP contribution >= 0.6 is 11.6 Å². The molecule has 0 aromatic heterocycles. The molecule has 0 spiro atoms. The first-order chi connectivity index (χ1) is 8.69. The fourth-order valence-corrected chi connectivity index (χ4v) is 2.53. The molecule has 1 heterocycles. The number of ether oxygens (including phenoxy) is 1. The largest absolute Gasteiger partial charge is 0.381 e. The van der Waals surface area contributed by atoms with Crippen molar-refractivity contribution < 1.29 is 9.13 Å². The van der Waals surface area contributed by atoms with Crippen molar-refractivity contribution in [1.82, 2.24) is 0 Å². The van der Waals surface area contributed by atoms with E-state index in [1.165, 1.54) is 12.1 Å². The monoisotopic (exact) mass is 271 g/mol. The molecule has 1 fully saturated rings. The number of hydrogen-bond acceptors (Lipinski definition) is 2. The molecule has 100 valence electrons. The lowest BCUT2D eigenvalue weighted by atomic mass is 10.00. The summed E-state index contributed by atoms with van der Waals surface area (Å²) in [5.74, 6) is -0.265. The maximum Gasteiger partial charge on any atom is 0.125 e. The Bertz CT molecular complexity index is 397. The van der Waals surface area contributed by atoms with E-state index in [1.807, 2.05) is 0 Å². The summed E-state index contributed by atoms with van der Waals surface area (Å²) in [6.45, 7) is 2.92. The Morgan fingerprint density at radius 2 is 2.33 bits per heavy atom. The van der Waals surface area contributed by atoms with Gasteiger partial charge in [-0.2, -0.15) is 0 Å². The van der Waals surface area contributed by atoms with Crippen LogP contribution in [0.3, 0.4) is 0 Å². The van der Waals surface area contributed by atoms with E-state index in [0.717, 1.165) is 32.3 Å². The van der Waals surface area contributed by atoms with Gasteiger partial charge in [0.2, 0.25) is 0 Å². The molecule has 4 heteroatoms. The molecule has 0 aliphatic carbocycles. The van der Waals surface area contributed by atoms with Gasteiger partial charge >= 0.3 is 0 Å². The topological polar surface area (TPSA) is 21.3 Å². The average Bonchev–Trinajstić information content (AvgIpc) is 2.35. The van der Waals surface area contributed by atoms with Crippen LogP contribution in [0.4, 0.5) is 10.1 Å². The van der Waals surface area contributed by atoms with Gasteiger partial charge in [-0.25, -0.2) is 4.39 Å². The Morgan fingerprint density at radius 1 is 1.50 bits per heavy atom. The standard InChI is InChI=1S/C14H19ClFNO/c1-2-3-12-9-11(6-7-18-12)17-14-8-10(16)4-5-13(14)15/h4-5,8,11-12,17H,2-3,6-7,9H2,1H3. The van der Waals surface area contributed by atoms with Crippen molar-refractivity contribution in [3.63, 3.8) is 0 Å². The maximum atomic E-state index is 13.2. The van der Waals surface area contributed by atoms with Crippen molar-refractivity contribution in [2.45, 2.75) is 44.8 Å². The Balaban J connectivity index is 1.98. The molecular formula is C14H19ClFNO. The van der Waals surface area contributed by atoms with Crippen LogP contribution in [0, 0.1) is 5.82 Å². The van der Waals surface area contributed by atoms with E-state index in [1.54, 1.807) is 6.07 Å². The zero-order valence-corrected chi connectivity index (χ0v) is 11.3. The molecular weight excluding hydrogens is 253 g/mol. The van der Waals surface area contributed by atoms with Gasteiger partial charge in [-0.1, -0.05) is 24.9 Å². The lowest BCUT2D eigenvalue weighted by molar-refractivity contribution is 0.00598. The molecule has 0 radical (unpaired) electrons. The predicted octanol–water partition coefficient (Wildman–Crippen LogP) is 4.24. The molecule has 0 amide bonds. The zero-order valence-electron chi connectivity index (χ0n) is 10.6. The minimum atomic E-state index is -0.265. The van der Waals surface area contributed by atoms with E-state index >= 15 is 0 Å². The molecule has 0 bridgehead atoms. The van der Waals surface area contributed by atoms with E-state index in [4.69, 9.17) is 16.3 Å². The van der Waals surface area contributed by atoms with Crippen LogP contribution in [0.5, 0.6) is 0 Å². The molecule has 1 aliphatic rings. The van der Waals surface area contributed by atoms with Crippen molar-refractivity contribution in [2.75, 3.05) is 11.9 Å². The maximum absolute atomic E-state index is 13.2. The summed E-state index contributed by atoms with van der Waals surface area (Å²) >= 11 is 6.05. The highest BCUT2D eigenvalue weighted by atomic mass is 35.5. The Morgan fingerprint density at radius 3 is 3.11 bits per heavy atom. The smallest absolute Gasteiger partial charge is 0.125 e. The van der Waals surface area contributed by atoms with Crippen molar-refractivity contribution in [2.24, 2.45) is 0 Å². The second-order valence-corrected chi connectivity index (χ2v) is 5.18. The number of halogens is 2. The van der Waals surface area contributed by atoms with Crippen LogP contribution < -0.4 is 5.32 Å². The first-order valence-corrected chi connectivity index (χ1v) is 6.90. The molecule has 1 aromatic carbocycles. The minimum Gasteiger partial charge on any atom is -0.381 e. The second-order valence-electron chi connectivity index (χ2n) is 4.77. The van der Waals surface area contributed by atoms with Crippen molar-refractivity contribution in [1.29, 1.82) is 0 Å². The van der Waals surface area contributed by atoms with Gasteiger partial charge in [0.1, 0.15) is 5.82 Å². The molecule has 1 aromatic rings. The van der Waals surface area contributed by atoms with Gasteiger partial charge in [-0.15, -0.1) is 0 Å². The molecule has 1 N–H and O–H groups in total. The van der Waals surface area contributed by atoms with Gasteiger partial charge in [0.15, 0.2) is 0 Å². The number of benzene rings is 1. The third-order valence-electron chi connectivity index (χ3n) is 3.27. The summed E-state index contributed by atoms with van der Waals surface area (Å²) in [5, 5.41) is 3.89. The highest BCUT2D eigenvalue weighted by Gasteiger charge is 2.22. The number of hydrogen-bond donors (Lipinski definition) is 1. The van der Waals surface area contributed by atoms with Crippen LogP contribution in [-0.4, -0.2) is 18.8 Å². The molecule has 18 heavy (non-hydrogen) atoms. The number of rotatable bonds is 4. The average molecular weight is 272 g/mol. The molecule has 2 rings (SSSR count). The molecule has 0 saturated carbocycles.